The van der Waals surface area contributed by atoms with Crippen molar-refractivity contribution in [1.29, 1.82) is 0 Å². The summed E-state index contributed by atoms with van der Waals surface area (Å²) < 4.78 is 37.5. The number of thiophene rings is 1. The van der Waals surface area contributed by atoms with E-state index in [0.29, 0.717) is 41.7 Å². The first-order valence-electron chi connectivity index (χ1n) is 10.3. The molecule has 174 valence electrons. The van der Waals surface area contributed by atoms with E-state index in [1.165, 1.54) is 34.9 Å². The van der Waals surface area contributed by atoms with Crippen molar-refractivity contribution in [2.45, 2.75) is 32.1 Å². The lowest BCUT2D eigenvalue weighted by Gasteiger charge is -2.26. The van der Waals surface area contributed by atoms with E-state index in [1.807, 2.05) is 19.2 Å². The normalized spacial score (nSPS) is 15.0. The molecule has 1 aromatic heterocycles. The first-order chi connectivity index (χ1) is 15.1. The summed E-state index contributed by atoms with van der Waals surface area (Å²) >= 11 is 1.25. The van der Waals surface area contributed by atoms with E-state index in [9.17, 15) is 18.0 Å². The molecule has 1 amide bonds. The lowest BCUT2D eigenvalue weighted by Crippen LogP contribution is -2.40. The number of hydrogen-bond donors (Lipinski definition) is 1. The van der Waals surface area contributed by atoms with Gasteiger partial charge in [0.25, 0.3) is 5.91 Å². The van der Waals surface area contributed by atoms with Gasteiger partial charge in [-0.2, -0.15) is 4.31 Å². The Kier molecular flexibility index (Phi) is 7.71. The SMILES string of the molecule is COC(=O)c1c(CC(C)C)csc1NC(=O)c1cc(S(=O)(=O)N2CCOCC2)ccc1C. The second-order valence-corrected chi connectivity index (χ2v) is 10.8. The fourth-order valence-electron chi connectivity index (χ4n) is 3.51. The molecule has 0 saturated carbocycles. The van der Waals surface area contributed by atoms with Gasteiger partial charge in [-0.25, -0.2) is 13.2 Å². The topological polar surface area (TPSA) is 102 Å². The third-order valence-electron chi connectivity index (χ3n) is 5.17. The van der Waals surface area contributed by atoms with Crippen LogP contribution < -0.4 is 5.32 Å². The predicted octanol–water partition coefficient (Wildman–Crippen LogP) is 3.31. The highest BCUT2D eigenvalue weighted by atomic mass is 32.2. The summed E-state index contributed by atoms with van der Waals surface area (Å²) in [6.45, 7) is 7.04. The number of ether oxygens (including phenoxy) is 2. The van der Waals surface area contributed by atoms with Crippen LogP contribution in [0.4, 0.5) is 5.00 Å². The van der Waals surface area contributed by atoms with Crippen LogP contribution in [0.25, 0.3) is 0 Å². The molecule has 0 bridgehead atoms. The largest absolute Gasteiger partial charge is 0.465 e. The van der Waals surface area contributed by atoms with Crippen molar-refractivity contribution in [3.63, 3.8) is 0 Å². The molecule has 1 aromatic carbocycles. The van der Waals surface area contributed by atoms with Gasteiger partial charge in [-0.1, -0.05) is 19.9 Å². The first-order valence-corrected chi connectivity index (χ1v) is 12.7. The van der Waals surface area contributed by atoms with Crippen molar-refractivity contribution >= 4 is 38.2 Å². The number of anilines is 1. The van der Waals surface area contributed by atoms with E-state index in [0.717, 1.165) is 5.56 Å². The molecule has 8 nitrogen and oxygen atoms in total. The highest BCUT2D eigenvalue weighted by molar-refractivity contribution is 7.89. The Bertz CT molecular complexity index is 1100. The quantitative estimate of drug-likeness (QED) is 0.610. The molecule has 32 heavy (non-hydrogen) atoms. The molecule has 2 heterocycles. The number of sulfonamides is 1. The summed E-state index contributed by atoms with van der Waals surface area (Å²) in [5.41, 5.74) is 2.01. The van der Waals surface area contributed by atoms with Crippen LogP contribution in [0.1, 0.15) is 45.7 Å². The molecule has 0 atom stereocenters. The van der Waals surface area contributed by atoms with Crippen molar-refractivity contribution in [3.05, 3.63) is 45.8 Å². The minimum absolute atomic E-state index is 0.0509. The third kappa shape index (κ3) is 5.20. The van der Waals surface area contributed by atoms with Crippen molar-refractivity contribution in [2.24, 2.45) is 5.92 Å². The van der Waals surface area contributed by atoms with Crippen LogP contribution in [0, 0.1) is 12.8 Å². The van der Waals surface area contributed by atoms with E-state index in [4.69, 9.17) is 9.47 Å². The number of methoxy groups -OCH3 is 1. The summed E-state index contributed by atoms with van der Waals surface area (Å²) in [4.78, 5) is 25.5. The lowest BCUT2D eigenvalue weighted by atomic mass is 10.0. The molecule has 1 saturated heterocycles. The number of carbonyl (C=O) groups excluding carboxylic acids is 2. The van der Waals surface area contributed by atoms with Crippen molar-refractivity contribution in [2.75, 3.05) is 38.7 Å². The number of esters is 1. The Hall–Kier alpha value is -2.27. The summed E-state index contributed by atoms with van der Waals surface area (Å²) in [6.07, 6.45) is 0.670. The summed E-state index contributed by atoms with van der Waals surface area (Å²) in [7, 11) is -2.44. The predicted molar refractivity (Wildman–Crippen MR) is 123 cm³/mol. The van der Waals surface area contributed by atoms with Gasteiger partial charge in [0, 0.05) is 18.7 Å². The monoisotopic (exact) mass is 480 g/mol. The Morgan fingerprint density at radius 3 is 2.56 bits per heavy atom. The average Bonchev–Trinajstić information content (AvgIpc) is 3.15. The maximum absolute atomic E-state index is 13.1. The van der Waals surface area contributed by atoms with E-state index >= 15 is 0 Å². The number of nitrogens with one attached hydrogen (secondary N) is 1. The van der Waals surface area contributed by atoms with Crippen LogP contribution in [0.15, 0.2) is 28.5 Å². The van der Waals surface area contributed by atoms with Gasteiger partial charge in [0.15, 0.2) is 0 Å². The molecular weight excluding hydrogens is 452 g/mol. The minimum atomic E-state index is -3.74. The average molecular weight is 481 g/mol. The van der Waals surface area contributed by atoms with Gasteiger partial charge in [0.2, 0.25) is 10.0 Å². The Morgan fingerprint density at radius 1 is 1.25 bits per heavy atom. The molecule has 1 fully saturated rings. The molecule has 0 unspecified atom stereocenters. The number of carbonyl (C=O) groups is 2. The van der Waals surface area contributed by atoms with Gasteiger partial charge in [0.1, 0.15) is 5.00 Å². The minimum Gasteiger partial charge on any atom is -0.465 e. The van der Waals surface area contributed by atoms with E-state index in [2.05, 4.69) is 5.32 Å². The van der Waals surface area contributed by atoms with Crippen LogP contribution in [-0.4, -0.2) is 58.0 Å². The number of morpholine rings is 1. The highest BCUT2D eigenvalue weighted by Gasteiger charge is 2.28. The number of amides is 1. The van der Waals surface area contributed by atoms with Crippen LogP contribution in [0.3, 0.4) is 0 Å². The zero-order valence-electron chi connectivity index (χ0n) is 18.6. The molecule has 3 rings (SSSR count). The Balaban J connectivity index is 1.91. The van der Waals surface area contributed by atoms with Gasteiger partial charge in [0.05, 0.1) is 30.8 Å². The van der Waals surface area contributed by atoms with Crippen LogP contribution >= 0.6 is 11.3 Å². The zero-order chi connectivity index (χ0) is 23.5. The number of benzene rings is 1. The van der Waals surface area contributed by atoms with Gasteiger partial charge in [-0.3, -0.25) is 4.79 Å². The lowest BCUT2D eigenvalue weighted by molar-refractivity contribution is 0.0601. The van der Waals surface area contributed by atoms with E-state index < -0.39 is 21.9 Å². The van der Waals surface area contributed by atoms with E-state index in [1.54, 1.807) is 13.0 Å². The number of aryl methyl sites for hydroxylation is 1. The maximum atomic E-state index is 13.1. The van der Waals surface area contributed by atoms with Crippen molar-refractivity contribution < 1.29 is 27.5 Å². The van der Waals surface area contributed by atoms with Crippen LogP contribution in [-0.2, 0) is 25.9 Å². The summed E-state index contributed by atoms with van der Waals surface area (Å²) in [5.74, 6) is -0.678. The molecule has 0 radical (unpaired) electrons. The van der Waals surface area contributed by atoms with Gasteiger partial charge in [-0.05, 0) is 47.9 Å². The molecule has 1 N–H and O–H groups in total. The molecular formula is C22H28N2O6S2. The molecule has 0 aliphatic carbocycles. The zero-order valence-corrected chi connectivity index (χ0v) is 20.3. The third-order valence-corrected chi connectivity index (χ3v) is 8.01. The number of hydrogen-bond acceptors (Lipinski definition) is 7. The van der Waals surface area contributed by atoms with E-state index in [-0.39, 0.29) is 23.5 Å². The Labute approximate surface area is 192 Å². The van der Waals surface area contributed by atoms with Crippen LogP contribution in [0.2, 0.25) is 0 Å². The molecule has 10 heteroatoms. The molecule has 2 aromatic rings. The van der Waals surface area contributed by atoms with Gasteiger partial charge < -0.3 is 14.8 Å². The fourth-order valence-corrected chi connectivity index (χ4v) is 5.91. The Morgan fingerprint density at radius 2 is 1.94 bits per heavy atom. The first kappa shape index (κ1) is 24.4. The molecule has 0 spiro atoms. The van der Waals surface area contributed by atoms with Gasteiger partial charge >= 0.3 is 5.97 Å². The van der Waals surface area contributed by atoms with Crippen LogP contribution in [0.5, 0.6) is 0 Å². The standard InChI is InChI=1S/C22H28N2O6S2/c1-14(2)11-16-13-31-21(19(16)22(26)29-4)23-20(25)18-12-17(6-5-15(18)3)32(27,28)24-7-9-30-10-8-24/h5-6,12-14H,7-11H2,1-4H3,(H,23,25). The highest BCUT2D eigenvalue weighted by Crippen LogP contribution is 2.31. The summed E-state index contributed by atoms with van der Waals surface area (Å²) in [5, 5.41) is 5.01. The second kappa shape index (κ2) is 10.1. The number of rotatable bonds is 7. The molecule has 1 aliphatic heterocycles. The molecule has 1 aliphatic rings. The van der Waals surface area contributed by atoms with Crippen molar-refractivity contribution in [1.82, 2.24) is 4.31 Å². The fraction of sp³-hybridized carbons (Fsp3) is 0.455. The second-order valence-electron chi connectivity index (χ2n) is 8.00. The van der Waals surface area contributed by atoms with Gasteiger partial charge in [-0.15, -0.1) is 11.3 Å². The smallest absolute Gasteiger partial charge is 0.341 e. The maximum Gasteiger partial charge on any atom is 0.341 e. The summed E-state index contributed by atoms with van der Waals surface area (Å²) in [6, 6.07) is 4.50. The van der Waals surface area contributed by atoms with Crippen molar-refractivity contribution in [3.8, 4) is 0 Å². The number of nitrogens with zero attached hydrogens (tertiary/aromatic N) is 1.